The second kappa shape index (κ2) is 4.40. The summed E-state index contributed by atoms with van der Waals surface area (Å²) in [5, 5.41) is 0. The monoisotopic (exact) mass is 230 g/mol. The minimum atomic E-state index is 0.429. The van der Waals surface area contributed by atoms with Gasteiger partial charge in [-0.1, -0.05) is 13.8 Å². The number of hydrogen-bond donors (Lipinski definition) is 0. The van der Waals surface area contributed by atoms with E-state index in [0.717, 1.165) is 4.60 Å². The predicted molar refractivity (Wildman–Crippen MR) is 50.1 cm³/mol. The summed E-state index contributed by atoms with van der Waals surface area (Å²) in [4.78, 5) is 7.98. The Hall–Kier alpha value is -0.640. The normalized spacial score (nSPS) is 10.3. The molecule has 0 radical (unpaired) electrons. The Kier molecular flexibility index (Phi) is 3.47. The van der Waals surface area contributed by atoms with Crippen LogP contribution in [0.3, 0.4) is 0 Å². The molecule has 1 rings (SSSR count). The first kappa shape index (κ1) is 9.45. The zero-order chi connectivity index (χ0) is 8.97. The highest BCUT2D eigenvalue weighted by Gasteiger charge is 1.99. The summed E-state index contributed by atoms with van der Waals surface area (Å²) in [6.07, 6.45) is 1.66. The molecule has 0 aliphatic carbocycles. The molecule has 1 aromatic heterocycles. The Balaban J connectivity index is 2.52. The molecule has 3 nitrogen and oxygen atoms in total. The minimum Gasteiger partial charge on any atom is -0.463 e. The Morgan fingerprint density at radius 1 is 1.58 bits per heavy atom. The molecule has 0 aliphatic rings. The molecule has 0 aromatic carbocycles. The van der Waals surface area contributed by atoms with E-state index in [1.54, 1.807) is 12.3 Å². The van der Waals surface area contributed by atoms with E-state index in [4.69, 9.17) is 4.74 Å². The maximum atomic E-state index is 5.30. The molecule has 1 aromatic rings. The fourth-order valence-corrected chi connectivity index (χ4v) is 0.901. The highest BCUT2D eigenvalue weighted by Crippen LogP contribution is 2.09. The van der Waals surface area contributed by atoms with Gasteiger partial charge in [0.15, 0.2) is 0 Å². The smallest absolute Gasteiger partial charge is 0.317 e. The quantitative estimate of drug-likeness (QED) is 0.748. The molecule has 0 bridgehead atoms. The molecule has 0 atom stereocenters. The molecule has 0 aliphatic heterocycles. The number of nitrogens with zero attached hydrogens (tertiary/aromatic N) is 2. The lowest BCUT2D eigenvalue weighted by atomic mass is 10.2. The fourth-order valence-electron chi connectivity index (χ4n) is 0.631. The molecule has 0 fully saturated rings. The molecular formula is C8H11BrN2O. The molecule has 0 unspecified atom stereocenters. The third-order valence-corrected chi connectivity index (χ3v) is 1.59. The van der Waals surface area contributed by atoms with Gasteiger partial charge in [0.05, 0.1) is 6.61 Å². The van der Waals surface area contributed by atoms with Gasteiger partial charge in [0.25, 0.3) is 0 Å². The van der Waals surface area contributed by atoms with Crippen LogP contribution in [0, 0.1) is 5.92 Å². The molecular weight excluding hydrogens is 220 g/mol. The van der Waals surface area contributed by atoms with Gasteiger partial charge in [-0.05, 0) is 27.9 Å². The summed E-state index contributed by atoms with van der Waals surface area (Å²) in [5.74, 6) is 0.493. The van der Waals surface area contributed by atoms with E-state index in [9.17, 15) is 0 Å². The van der Waals surface area contributed by atoms with Crippen LogP contribution in [0.1, 0.15) is 13.8 Å². The lowest BCUT2D eigenvalue weighted by molar-refractivity contribution is 0.250. The number of hydrogen-bond acceptors (Lipinski definition) is 3. The maximum Gasteiger partial charge on any atom is 0.317 e. The van der Waals surface area contributed by atoms with Crippen molar-refractivity contribution in [2.24, 2.45) is 5.92 Å². The van der Waals surface area contributed by atoms with Crippen molar-refractivity contribution in [3.05, 3.63) is 16.9 Å². The topological polar surface area (TPSA) is 35.0 Å². The van der Waals surface area contributed by atoms with Crippen molar-refractivity contribution in [1.29, 1.82) is 0 Å². The first-order chi connectivity index (χ1) is 5.68. The van der Waals surface area contributed by atoms with Crippen LogP contribution in [-0.4, -0.2) is 16.6 Å². The van der Waals surface area contributed by atoms with Gasteiger partial charge in [0.2, 0.25) is 0 Å². The van der Waals surface area contributed by atoms with Crippen molar-refractivity contribution in [2.45, 2.75) is 13.8 Å². The molecule has 66 valence electrons. The van der Waals surface area contributed by atoms with E-state index in [1.165, 1.54) is 0 Å². The van der Waals surface area contributed by atoms with E-state index in [1.807, 2.05) is 0 Å². The first-order valence-corrected chi connectivity index (χ1v) is 4.59. The Bertz CT molecular complexity index is 253. The van der Waals surface area contributed by atoms with Gasteiger partial charge in [0.1, 0.15) is 4.60 Å². The third-order valence-electron chi connectivity index (χ3n) is 1.15. The van der Waals surface area contributed by atoms with Crippen LogP contribution >= 0.6 is 15.9 Å². The van der Waals surface area contributed by atoms with E-state index < -0.39 is 0 Å². The van der Waals surface area contributed by atoms with Gasteiger partial charge in [-0.25, -0.2) is 4.98 Å². The number of rotatable bonds is 3. The van der Waals surface area contributed by atoms with Gasteiger partial charge in [-0.2, -0.15) is 4.98 Å². The predicted octanol–water partition coefficient (Wildman–Crippen LogP) is 2.27. The molecule has 12 heavy (non-hydrogen) atoms. The van der Waals surface area contributed by atoms with Crippen LogP contribution in [0.2, 0.25) is 0 Å². The van der Waals surface area contributed by atoms with Crippen LogP contribution in [0.15, 0.2) is 16.9 Å². The van der Waals surface area contributed by atoms with Gasteiger partial charge in [-0.3, -0.25) is 0 Å². The van der Waals surface area contributed by atoms with Crippen molar-refractivity contribution in [2.75, 3.05) is 6.61 Å². The molecule has 1 heterocycles. The highest BCUT2D eigenvalue weighted by molar-refractivity contribution is 9.10. The minimum absolute atomic E-state index is 0.429. The fraction of sp³-hybridized carbons (Fsp3) is 0.500. The van der Waals surface area contributed by atoms with Crippen LogP contribution < -0.4 is 4.74 Å². The van der Waals surface area contributed by atoms with Crippen molar-refractivity contribution in [3.63, 3.8) is 0 Å². The van der Waals surface area contributed by atoms with Crippen molar-refractivity contribution in [3.8, 4) is 6.01 Å². The standard InChI is InChI=1S/C8H11BrN2O/c1-6(2)5-12-8-10-4-3-7(9)11-8/h3-4,6H,5H2,1-2H3. The zero-order valence-electron chi connectivity index (χ0n) is 7.12. The highest BCUT2D eigenvalue weighted by atomic mass is 79.9. The Morgan fingerprint density at radius 3 is 2.92 bits per heavy atom. The second-order valence-electron chi connectivity index (χ2n) is 2.87. The lowest BCUT2D eigenvalue weighted by Gasteiger charge is -2.05. The van der Waals surface area contributed by atoms with Crippen LogP contribution in [0.4, 0.5) is 0 Å². The Morgan fingerprint density at radius 2 is 2.33 bits per heavy atom. The Labute approximate surface area is 80.3 Å². The number of aromatic nitrogens is 2. The number of halogens is 1. The van der Waals surface area contributed by atoms with Crippen LogP contribution in [-0.2, 0) is 0 Å². The SMILES string of the molecule is CC(C)COc1nccc(Br)n1. The maximum absolute atomic E-state index is 5.30. The molecule has 0 N–H and O–H groups in total. The van der Waals surface area contributed by atoms with Crippen molar-refractivity contribution < 1.29 is 4.74 Å². The zero-order valence-corrected chi connectivity index (χ0v) is 8.71. The van der Waals surface area contributed by atoms with Gasteiger partial charge < -0.3 is 4.74 Å². The molecule has 0 amide bonds. The van der Waals surface area contributed by atoms with E-state index in [2.05, 4.69) is 39.7 Å². The summed E-state index contributed by atoms with van der Waals surface area (Å²) in [6.45, 7) is 4.81. The molecule has 0 spiro atoms. The van der Waals surface area contributed by atoms with E-state index in [-0.39, 0.29) is 0 Å². The average Bonchev–Trinajstić information content (AvgIpc) is 2.01. The van der Waals surface area contributed by atoms with Crippen LogP contribution in [0.25, 0.3) is 0 Å². The van der Waals surface area contributed by atoms with Gasteiger partial charge in [0, 0.05) is 6.20 Å². The van der Waals surface area contributed by atoms with Crippen LogP contribution in [0.5, 0.6) is 6.01 Å². The largest absolute Gasteiger partial charge is 0.463 e. The molecule has 0 saturated carbocycles. The summed E-state index contributed by atoms with van der Waals surface area (Å²) in [7, 11) is 0. The molecule has 4 heteroatoms. The summed E-state index contributed by atoms with van der Waals surface area (Å²) >= 11 is 3.24. The van der Waals surface area contributed by atoms with E-state index in [0.29, 0.717) is 18.5 Å². The van der Waals surface area contributed by atoms with Gasteiger partial charge >= 0.3 is 6.01 Å². The summed E-state index contributed by atoms with van der Waals surface area (Å²) in [6, 6.07) is 2.19. The molecule has 0 saturated heterocycles. The van der Waals surface area contributed by atoms with E-state index >= 15 is 0 Å². The lowest BCUT2D eigenvalue weighted by Crippen LogP contribution is -2.06. The summed E-state index contributed by atoms with van der Waals surface area (Å²) < 4.78 is 6.04. The third kappa shape index (κ3) is 3.17. The second-order valence-corrected chi connectivity index (χ2v) is 3.68. The van der Waals surface area contributed by atoms with Gasteiger partial charge in [-0.15, -0.1) is 0 Å². The number of ether oxygens (including phenoxy) is 1. The summed E-state index contributed by atoms with van der Waals surface area (Å²) in [5.41, 5.74) is 0. The van der Waals surface area contributed by atoms with Crippen molar-refractivity contribution in [1.82, 2.24) is 9.97 Å². The van der Waals surface area contributed by atoms with Crippen molar-refractivity contribution >= 4 is 15.9 Å². The average molecular weight is 231 g/mol. The first-order valence-electron chi connectivity index (χ1n) is 3.80.